The molecule has 0 amide bonds. The van der Waals surface area contributed by atoms with Crippen molar-refractivity contribution in [1.82, 2.24) is 10.6 Å². The lowest BCUT2D eigenvalue weighted by atomic mass is 9.83. The maximum Gasteiger partial charge on any atom is 0.313 e. The second-order valence-corrected chi connectivity index (χ2v) is 6.36. The van der Waals surface area contributed by atoms with Gasteiger partial charge >= 0.3 is 5.97 Å². The molecule has 0 bridgehead atoms. The number of aliphatic imine (C=N–C) groups is 1. The first-order chi connectivity index (χ1) is 11.1. The largest absolute Gasteiger partial charge is 0.466 e. The number of carbonyl (C=O) groups is 1. The molecule has 0 fully saturated rings. The van der Waals surface area contributed by atoms with Gasteiger partial charge in [-0.1, -0.05) is 6.08 Å². The topological polar surface area (TPSA) is 62.7 Å². The van der Waals surface area contributed by atoms with Crippen molar-refractivity contribution in [1.29, 1.82) is 0 Å². The molecule has 1 aliphatic carbocycles. The Morgan fingerprint density at radius 3 is 3.26 bits per heavy atom. The highest BCUT2D eigenvalue weighted by molar-refractivity contribution is 5.76. The Morgan fingerprint density at radius 1 is 1.57 bits per heavy atom. The smallest absolute Gasteiger partial charge is 0.313 e. The van der Waals surface area contributed by atoms with Crippen molar-refractivity contribution in [2.75, 3.05) is 13.2 Å². The molecule has 4 rings (SSSR count). The van der Waals surface area contributed by atoms with E-state index in [0.717, 1.165) is 11.4 Å². The molecule has 0 aromatic heterocycles. The van der Waals surface area contributed by atoms with E-state index < -0.39 is 0 Å². The number of hydrogen-bond acceptors (Lipinski definition) is 5. The van der Waals surface area contributed by atoms with Crippen molar-refractivity contribution in [3.05, 3.63) is 47.7 Å². The molecule has 3 atom stereocenters. The minimum Gasteiger partial charge on any atom is -0.466 e. The number of carbonyl (C=O) groups excluding carboxylic acids is 1. The second-order valence-electron chi connectivity index (χ2n) is 6.36. The van der Waals surface area contributed by atoms with E-state index in [1.54, 1.807) is 0 Å². The lowest BCUT2D eigenvalue weighted by Crippen LogP contribution is -2.61. The van der Waals surface area contributed by atoms with Crippen LogP contribution in [0.2, 0.25) is 0 Å². The average Bonchev–Trinajstić information content (AvgIpc) is 2.95. The molecule has 3 heterocycles. The van der Waals surface area contributed by atoms with Crippen molar-refractivity contribution in [2.45, 2.75) is 25.9 Å². The van der Waals surface area contributed by atoms with E-state index in [2.05, 4.69) is 34.9 Å². The monoisotopic (exact) mass is 313 g/mol. The van der Waals surface area contributed by atoms with Crippen LogP contribution in [0, 0.1) is 5.92 Å². The maximum atomic E-state index is 12.2. The molecule has 23 heavy (non-hydrogen) atoms. The van der Waals surface area contributed by atoms with Crippen molar-refractivity contribution < 1.29 is 14.0 Å². The average molecular weight is 313 g/mol. The highest BCUT2D eigenvalue weighted by atomic mass is 16.5. The summed E-state index contributed by atoms with van der Waals surface area (Å²) < 4.78 is 5.74. The summed E-state index contributed by atoms with van der Waals surface area (Å²) in [7, 11) is 0. The summed E-state index contributed by atoms with van der Waals surface area (Å²) in [6.07, 6.45) is 12.8. The number of allylic oxidation sites excluding steroid dienone is 2. The Morgan fingerprint density at radius 2 is 2.43 bits per heavy atom. The number of quaternary nitrogens is 1. The van der Waals surface area contributed by atoms with Crippen LogP contribution in [-0.2, 0) is 9.53 Å². The van der Waals surface area contributed by atoms with Gasteiger partial charge in [-0.15, -0.1) is 0 Å². The SMILES string of the molecule is CCOC(=O)C1C=CC2=C(C1)C13CN=C[N+]1(C=CN2)C=C(C)N3. The van der Waals surface area contributed by atoms with Gasteiger partial charge in [-0.2, -0.15) is 4.48 Å². The standard InChI is InChI=1S/C17H21N4O2/c1-3-23-16(22)13-4-5-15-14(8-13)17-10-18-11-21(17,7-6-19-15)9-12(2)20-17/h4-7,9,11,13,19-20H,3,8,10H2,1-2H3/q+1. The quantitative estimate of drug-likeness (QED) is 0.599. The van der Waals surface area contributed by atoms with E-state index in [9.17, 15) is 4.79 Å². The van der Waals surface area contributed by atoms with Crippen LogP contribution in [0.25, 0.3) is 0 Å². The van der Waals surface area contributed by atoms with Gasteiger partial charge in [0.2, 0.25) is 5.66 Å². The van der Waals surface area contributed by atoms with E-state index in [-0.39, 0.29) is 17.6 Å². The summed E-state index contributed by atoms with van der Waals surface area (Å²) in [6.45, 7) is 4.96. The number of hydrogen-bond donors (Lipinski definition) is 2. The van der Waals surface area contributed by atoms with Gasteiger partial charge in [0.15, 0.2) is 6.34 Å². The van der Waals surface area contributed by atoms with Crippen LogP contribution >= 0.6 is 0 Å². The summed E-state index contributed by atoms with van der Waals surface area (Å²) in [5, 5.41) is 6.98. The van der Waals surface area contributed by atoms with E-state index in [1.807, 2.05) is 31.6 Å². The van der Waals surface area contributed by atoms with E-state index in [0.29, 0.717) is 24.1 Å². The molecule has 0 radical (unpaired) electrons. The Kier molecular flexibility index (Phi) is 2.99. The van der Waals surface area contributed by atoms with E-state index >= 15 is 0 Å². The zero-order chi connectivity index (χ0) is 16.1. The predicted octanol–water partition coefficient (Wildman–Crippen LogP) is 1.47. The predicted molar refractivity (Wildman–Crippen MR) is 86.4 cm³/mol. The third-order valence-electron chi connectivity index (χ3n) is 4.96. The first-order valence-electron chi connectivity index (χ1n) is 8.00. The van der Waals surface area contributed by atoms with Gasteiger partial charge in [0.1, 0.15) is 18.9 Å². The van der Waals surface area contributed by atoms with Crippen molar-refractivity contribution in [2.24, 2.45) is 10.9 Å². The number of nitrogens with one attached hydrogen (secondary N) is 2. The van der Waals surface area contributed by atoms with Gasteiger partial charge in [-0.3, -0.25) is 4.79 Å². The number of ether oxygens (including phenoxy) is 1. The molecule has 0 aromatic rings. The van der Waals surface area contributed by atoms with Crippen LogP contribution in [0.1, 0.15) is 20.3 Å². The van der Waals surface area contributed by atoms with Crippen LogP contribution in [-0.4, -0.2) is 35.6 Å². The fraction of sp³-hybridized carbons (Fsp3) is 0.412. The molecule has 6 heteroatoms. The van der Waals surface area contributed by atoms with Crippen molar-refractivity contribution in [3.8, 4) is 0 Å². The molecule has 6 nitrogen and oxygen atoms in total. The lowest BCUT2D eigenvalue weighted by molar-refractivity contribution is -0.769. The summed E-state index contributed by atoms with van der Waals surface area (Å²) in [5.41, 5.74) is 2.97. The zero-order valence-corrected chi connectivity index (χ0v) is 13.4. The zero-order valence-electron chi connectivity index (χ0n) is 13.4. The van der Waals surface area contributed by atoms with Crippen LogP contribution in [0.15, 0.2) is 52.7 Å². The molecule has 0 saturated heterocycles. The Hall–Kier alpha value is -2.34. The highest BCUT2D eigenvalue weighted by Crippen LogP contribution is 2.45. The van der Waals surface area contributed by atoms with Gasteiger partial charge < -0.3 is 15.4 Å². The van der Waals surface area contributed by atoms with Gasteiger partial charge in [-0.05, 0) is 26.3 Å². The molecule has 0 saturated carbocycles. The number of nitrogens with zero attached hydrogens (tertiary/aromatic N) is 2. The normalized spacial score (nSPS) is 36.4. The third-order valence-corrected chi connectivity index (χ3v) is 4.96. The van der Waals surface area contributed by atoms with Crippen LogP contribution in [0.4, 0.5) is 0 Å². The van der Waals surface area contributed by atoms with Gasteiger partial charge in [0, 0.05) is 11.3 Å². The molecular weight excluding hydrogens is 292 g/mol. The molecular formula is C17H21N4O2+. The molecule has 2 N–H and O–H groups in total. The fourth-order valence-corrected chi connectivity index (χ4v) is 4.00. The Bertz CT molecular complexity index is 718. The summed E-state index contributed by atoms with van der Waals surface area (Å²) in [4.78, 5) is 16.8. The minimum absolute atomic E-state index is 0.163. The van der Waals surface area contributed by atoms with Crippen LogP contribution < -0.4 is 10.6 Å². The third kappa shape index (κ3) is 1.84. The second kappa shape index (κ2) is 4.83. The van der Waals surface area contributed by atoms with Crippen LogP contribution in [0.5, 0.6) is 0 Å². The Balaban J connectivity index is 1.76. The summed E-state index contributed by atoms with van der Waals surface area (Å²) >= 11 is 0. The lowest BCUT2D eigenvalue weighted by Gasteiger charge is -2.39. The summed E-state index contributed by atoms with van der Waals surface area (Å²) in [6, 6.07) is 0. The maximum absolute atomic E-state index is 12.2. The number of rotatable bonds is 2. The molecule has 4 aliphatic rings. The molecule has 3 aliphatic heterocycles. The molecule has 0 aromatic carbocycles. The van der Waals surface area contributed by atoms with Crippen LogP contribution in [0.3, 0.4) is 0 Å². The molecule has 0 spiro atoms. The minimum atomic E-state index is -0.366. The molecule has 3 unspecified atom stereocenters. The van der Waals surface area contributed by atoms with Crippen molar-refractivity contribution in [3.63, 3.8) is 0 Å². The highest BCUT2D eigenvalue weighted by Gasteiger charge is 2.60. The van der Waals surface area contributed by atoms with Crippen molar-refractivity contribution >= 4 is 12.3 Å². The van der Waals surface area contributed by atoms with Gasteiger partial charge in [0.25, 0.3) is 0 Å². The first-order valence-corrected chi connectivity index (χ1v) is 8.00. The fourth-order valence-electron chi connectivity index (χ4n) is 4.00. The van der Waals surface area contributed by atoms with E-state index in [4.69, 9.17) is 4.74 Å². The number of esters is 1. The van der Waals surface area contributed by atoms with Gasteiger partial charge in [-0.25, -0.2) is 4.99 Å². The summed E-state index contributed by atoms with van der Waals surface area (Å²) in [5.74, 6) is -0.406. The Labute approximate surface area is 135 Å². The van der Waals surface area contributed by atoms with E-state index in [1.165, 1.54) is 5.57 Å². The van der Waals surface area contributed by atoms with Gasteiger partial charge in [0.05, 0.1) is 24.4 Å². The molecule has 120 valence electrons. The first kappa shape index (κ1) is 14.3.